The molecule has 0 saturated heterocycles. The number of aryl methyl sites for hydroxylation is 1. The molecule has 2 nitrogen and oxygen atoms in total. The highest BCUT2D eigenvalue weighted by atomic mass is 19.2. The Morgan fingerprint density at radius 3 is 2.17 bits per heavy atom. The Bertz CT molecular complexity index is 880. The van der Waals surface area contributed by atoms with Crippen molar-refractivity contribution < 1.29 is 17.6 Å². The van der Waals surface area contributed by atoms with Crippen molar-refractivity contribution in [1.82, 2.24) is 9.97 Å². The average molecular weight is 318 g/mol. The first-order valence-electron chi connectivity index (χ1n) is 6.69. The lowest BCUT2D eigenvalue weighted by atomic mass is 10.0. The average Bonchev–Trinajstić information content (AvgIpc) is 2.57. The van der Waals surface area contributed by atoms with Crippen LogP contribution in [-0.2, 0) is 0 Å². The third kappa shape index (κ3) is 2.67. The molecule has 0 aliphatic rings. The molecule has 0 aliphatic carbocycles. The molecule has 0 N–H and O–H groups in total. The lowest BCUT2D eigenvalue weighted by molar-refractivity contribution is 0.410. The zero-order valence-electron chi connectivity index (χ0n) is 11.9. The largest absolute Gasteiger partial charge is 0.265 e. The van der Waals surface area contributed by atoms with Crippen LogP contribution in [0, 0.1) is 30.2 Å². The van der Waals surface area contributed by atoms with Crippen molar-refractivity contribution in [3.05, 3.63) is 71.7 Å². The molecule has 116 valence electrons. The number of aromatic nitrogens is 2. The highest BCUT2D eigenvalue weighted by molar-refractivity contribution is 5.70. The lowest BCUT2D eigenvalue weighted by Crippen LogP contribution is -2.00. The Morgan fingerprint density at radius 1 is 0.826 bits per heavy atom. The summed E-state index contributed by atoms with van der Waals surface area (Å²) in [5, 5.41) is 0. The van der Waals surface area contributed by atoms with Gasteiger partial charge in [0.1, 0.15) is 0 Å². The van der Waals surface area contributed by atoms with Gasteiger partial charge >= 0.3 is 0 Å². The van der Waals surface area contributed by atoms with Gasteiger partial charge in [-0.05, 0) is 42.3 Å². The van der Waals surface area contributed by atoms with E-state index in [2.05, 4.69) is 9.97 Å². The predicted octanol–water partition coefficient (Wildman–Crippen LogP) is 4.68. The Labute approximate surface area is 129 Å². The van der Waals surface area contributed by atoms with Gasteiger partial charge in [-0.15, -0.1) is 0 Å². The Balaban J connectivity index is 2.12. The molecule has 2 aromatic heterocycles. The number of hydrogen-bond acceptors (Lipinski definition) is 2. The van der Waals surface area contributed by atoms with Gasteiger partial charge in [0.25, 0.3) is 0 Å². The van der Waals surface area contributed by atoms with E-state index in [4.69, 9.17) is 0 Å². The van der Waals surface area contributed by atoms with Crippen LogP contribution < -0.4 is 0 Å². The third-order valence-electron chi connectivity index (χ3n) is 3.48. The Hall–Kier alpha value is -2.76. The molecule has 0 amide bonds. The molecule has 23 heavy (non-hydrogen) atoms. The molecule has 0 saturated carbocycles. The van der Waals surface area contributed by atoms with Crippen molar-refractivity contribution in [3.63, 3.8) is 0 Å². The fourth-order valence-corrected chi connectivity index (χ4v) is 2.30. The molecule has 0 aliphatic heterocycles. The van der Waals surface area contributed by atoms with Crippen molar-refractivity contribution in [2.24, 2.45) is 0 Å². The van der Waals surface area contributed by atoms with Crippen LogP contribution in [0.3, 0.4) is 0 Å². The number of halogens is 4. The number of pyridine rings is 2. The van der Waals surface area contributed by atoms with E-state index in [-0.39, 0.29) is 5.69 Å². The second-order valence-electron chi connectivity index (χ2n) is 4.97. The van der Waals surface area contributed by atoms with Crippen molar-refractivity contribution >= 4 is 0 Å². The first kappa shape index (κ1) is 15.1. The first-order valence-corrected chi connectivity index (χ1v) is 6.69. The molecule has 0 bridgehead atoms. The van der Waals surface area contributed by atoms with E-state index in [0.29, 0.717) is 6.07 Å². The molecule has 1 aromatic carbocycles. The minimum Gasteiger partial charge on any atom is -0.265 e. The molecular weight excluding hydrogens is 308 g/mol. The summed E-state index contributed by atoms with van der Waals surface area (Å²) in [6, 6.07) is 5.65. The summed E-state index contributed by atoms with van der Waals surface area (Å²) in [5.41, 5.74) is 1.96. The van der Waals surface area contributed by atoms with Crippen molar-refractivity contribution in [2.75, 3.05) is 0 Å². The number of hydrogen-bond donors (Lipinski definition) is 0. The summed E-state index contributed by atoms with van der Waals surface area (Å²) < 4.78 is 53.6. The minimum atomic E-state index is -1.85. The lowest BCUT2D eigenvalue weighted by Gasteiger charge is -2.10. The van der Waals surface area contributed by atoms with Crippen molar-refractivity contribution in [1.29, 1.82) is 0 Å². The maximum absolute atomic E-state index is 13.9. The second-order valence-corrected chi connectivity index (χ2v) is 4.97. The van der Waals surface area contributed by atoms with Gasteiger partial charge in [-0.3, -0.25) is 9.97 Å². The first-order chi connectivity index (χ1) is 11.0. The predicted molar refractivity (Wildman–Crippen MR) is 77.5 cm³/mol. The van der Waals surface area contributed by atoms with Crippen LogP contribution in [0.25, 0.3) is 22.4 Å². The monoisotopic (exact) mass is 318 g/mol. The van der Waals surface area contributed by atoms with Crippen molar-refractivity contribution in [2.45, 2.75) is 6.92 Å². The van der Waals surface area contributed by atoms with E-state index in [9.17, 15) is 17.6 Å². The Morgan fingerprint density at radius 2 is 1.52 bits per heavy atom. The summed E-state index contributed by atoms with van der Waals surface area (Å²) in [4.78, 5) is 7.96. The summed E-state index contributed by atoms with van der Waals surface area (Å²) in [5.74, 6) is -6.61. The van der Waals surface area contributed by atoms with Crippen LogP contribution in [0.5, 0.6) is 0 Å². The molecule has 3 aromatic rings. The van der Waals surface area contributed by atoms with E-state index < -0.39 is 28.8 Å². The fraction of sp³-hybridized carbons (Fsp3) is 0.0588. The van der Waals surface area contributed by atoms with Crippen LogP contribution >= 0.6 is 0 Å². The summed E-state index contributed by atoms with van der Waals surface area (Å²) in [7, 11) is 0. The number of rotatable bonds is 2. The maximum Gasteiger partial charge on any atom is 0.198 e. The van der Waals surface area contributed by atoms with E-state index in [1.165, 1.54) is 12.3 Å². The molecule has 0 fully saturated rings. The van der Waals surface area contributed by atoms with E-state index in [0.717, 1.165) is 16.7 Å². The molecular formula is C17H10F4N2. The van der Waals surface area contributed by atoms with E-state index >= 15 is 0 Å². The molecule has 6 heteroatoms. The molecule has 0 unspecified atom stereocenters. The summed E-state index contributed by atoms with van der Waals surface area (Å²) in [6.45, 7) is 1.76. The van der Waals surface area contributed by atoms with Gasteiger partial charge in [-0.2, -0.15) is 0 Å². The van der Waals surface area contributed by atoms with Gasteiger partial charge in [0.15, 0.2) is 23.3 Å². The van der Waals surface area contributed by atoms with Crippen LogP contribution in [0.4, 0.5) is 17.6 Å². The minimum absolute atomic E-state index is 0.0237. The quantitative estimate of drug-likeness (QED) is 0.390. The van der Waals surface area contributed by atoms with Crippen LogP contribution in [-0.4, -0.2) is 9.97 Å². The van der Waals surface area contributed by atoms with Gasteiger partial charge in [-0.25, -0.2) is 17.6 Å². The van der Waals surface area contributed by atoms with Gasteiger partial charge in [0, 0.05) is 29.7 Å². The molecule has 0 spiro atoms. The highest BCUT2D eigenvalue weighted by Gasteiger charge is 2.20. The molecule has 0 atom stereocenters. The molecule has 2 heterocycles. The van der Waals surface area contributed by atoms with Gasteiger partial charge in [-0.1, -0.05) is 0 Å². The van der Waals surface area contributed by atoms with Gasteiger partial charge < -0.3 is 0 Å². The highest BCUT2D eigenvalue weighted by Crippen LogP contribution is 2.30. The van der Waals surface area contributed by atoms with Gasteiger partial charge in [0.05, 0.1) is 5.69 Å². The standard InChI is InChI=1S/C17H10F4N2/c1-9-6-14(11-7-13(18)16(20)17(21)15(11)19)23-8-12(9)10-2-4-22-5-3-10/h2-8H,1H3. The second kappa shape index (κ2) is 5.79. The summed E-state index contributed by atoms with van der Waals surface area (Å²) >= 11 is 0. The van der Waals surface area contributed by atoms with Crippen LogP contribution in [0.1, 0.15) is 5.56 Å². The van der Waals surface area contributed by atoms with Crippen LogP contribution in [0.15, 0.2) is 42.9 Å². The third-order valence-corrected chi connectivity index (χ3v) is 3.48. The van der Waals surface area contributed by atoms with E-state index in [1.807, 2.05) is 0 Å². The number of nitrogens with zero attached hydrogens (tertiary/aromatic N) is 2. The molecule has 0 radical (unpaired) electrons. The smallest absolute Gasteiger partial charge is 0.198 e. The maximum atomic E-state index is 13.9. The fourth-order valence-electron chi connectivity index (χ4n) is 2.30. The number of benzene rings is 1. The zero-order valence-corrected chi connectivity index (χ0v) is 11.9. The zero-order chi connectivity index (χ0) is 16.6. The van der Waals surface area contributed by atoms with Gasteiger partial charge in [0.2, 0.25) is 0 Å². The SMILES string of the molecule is Cc1cc(-c2cc(F)c(F)c(F)c2F)ncc1-c1ccncc1. The van der Waals surface area contributed by atoms with Crippen LogP contribution in [0.2, 0.25) is 0 Å². The Kier molecular flexibility index (Phi) is 3.82. The van der Waals surface area contributed by atoms with E-state index in [1.54, 1.807) is 31.5 Å². The molecule has 3 rings (SSSR count). The normalized spacial score (nSPS) is 10.8. The van der Waals surface area contributed by atoms with Crippen molar-refractivity contribution in [3.8, 4) is 22.4 Å². The topological polar surface area (TPSA) is 25.8 Å². The summed E-state index contributed by atoms with van der Waals surface area (Å²) in [6.07, 6.45) is 4.71.